The number of nitrogens with zero attached hydrogens (tertiary/aromatic N) is 2. The summed E-state index contributed by atoms with van der Waals surface area (Å²) in [6.45, 7) is 2.30. The summed E-state index contributed by atoms with van der Waals surface area (Å²) in [5.41, 5.74) is 6.42. The second-order valence-electron chi connectivity index (χ2n) is 6.83. The normalized spacial score (nSPS) is 19.5. The van der Waals surface area contributed by atoms with Crippen LogP contribution >= 0.6 is 0 Å². The fourth-order valence-electron chi connectivity index (χ4n) is 3.48. The number of hydrogen-bond donors (Lipinski definition) is 1. The molecule has 7 heteroatoms. The average molecular weight is 367 g/mol. The van der Waals surface area contributed by atoms with Crippen LogP contribution < -0.4 is 10.6 Å². The van der Waals surface area contributed by atoms with Gasteiger partial charge in [0.2, 0.25) is 5.91 Å². The van der Waals surface area contributed by atoms with Gasteiger partial charge in [-0.1, -0.05) is 30.3 Å². The molecule has 0 unspecified atom stereocenters. The van der Waals surface area contributed by atoms with E-state index in [9.17, 15) is 19.7 Å². The first-order valence-corrected chi connectivity index (χ1v) is 8.82. The average Bonchev–Trinajstić information content (AvgIpc) is 2.68. The summed E-state index contributed by atoms with van der Waals surface area (Å²) in [7, 11) is 0. The zero-order valence-corrected chi connectivity index (χ0v) is 15.0. The first-order chi connectivity index (χ1) is 12.9. The number of nitro benzene ring substituents is 1. The van der Waals surface area contributed by atoms with Crippen LogP contribution in [0.2, 0.25) is 0 Å². The molecule has 2 N–H and O–H groups in total. The molecule has 1 heterocycles. The molecule has 27 heavy (non-hydrogen) atoms. The van der Waals surface area contributed by atoms with E-state index in [4.69, 9.17) is 5.73 Å². The van der Waals surface area contributed by atoms with E-state index in [1.807, 2.05) is 11.8 Å². The Kier molecular flexibility index (Phi) is 5.21. The number of nitrogens with two attached hydrogens (primary N) is 1. The number of carbonyl (C=O) groups excluding carboxylic acids is 2. The first-order valence-electron chi connectivity index (χ1n) is 8.82. The van der Waals surface area contributed by atoms with Crippen LogP contribution in [0.15, 0.2) is 48.5 Å². The summed E-state index contributed by atoms with van der Waals surface area (Å²) in [6.07, 6.45) is 1.39. The van der Waals surface area contributed by atoms with Crippen LogP contribution in [-0.4, -0.2) is 29.2 Å². The predicted octanol–water partition coefficient (Wildman–Crippen LogP) is 2.92. The van der Waals surface area contributed by atoms with E-state index in [2.05, 4.69) is 0 Å². The van der Waals surface area contributed by atoms with Crippen LogP contribution in [0.1, 0.15) is 35.7 Å². The van der Waals surface area contributed by atoms with Crippen LogP contribution in [0.5, 0.6) is 0 Å². The highest BCUT2D eigenvalue weighted by atomic mass is 16.6. The number of piperidine rings is 1. The number of amides is 1. The largest absolute Gasteiger partial charge is 0.369 e. The van der Waals surface area contributed by atoms with Crippen molar-refractivity contribution in [1.82, 2.24) is 0 Å². The van der Waals surface area contributed by atoms with Crippen molar-refractivity contribution in [2.45, 2.75) is 25.8 Å². The summed E-state index contributed by atoms with van der Waals surface area (Å²) < 4.78 is 0. The van der Waals surface area contributed by atoms with Crippen molar-refractivity contribution in [2.24, 2.45) is 11.7 Å². The molecule has 0 saturated carbocycles. The number of rotatable bonds is 5. The third-order valence-electron chi connectivity index (χ3n) is 5.06. The molecule has 1 saturated heterocycles. The summed E-state index contributed by atoms with van der Waals surface area (Å²) in [5.74, 6) is -1.01. The third kappa shape index (κ3) is 3.81. The number of benzene rings is 2. The maximum Gasteiger partial charge on any atom is 0.293 e. The lowest BCUT2D eigenvalue weighted by molar-refractivity contribution is -0.384. The molecule has 0 bridgehead atoms. The van der Waals surface area contributed by atoms with Gasteiger partial charge in [-0.05, 0) is 31.9 Å². The molecule has 1 aliphatic heterocycles. The van der Waals surface area contributed by atoms with Crippen molar-refractivity contribution in [3.05, 3.63) is 69.8 Å². The van der Waals surface area contributed by atoms with E-state index in [-0.39, 0.29) is 29.0 Å². The number of carbonyl (C=O) groups is 2. The van der Waals surface area contributed by atoms with Crippen LogP contribution in [0.25, 0.3) is 0 Å². The molecule has 2 aromatic rings. The van der Waals surface area contributed by atoms with Crippen molar-refractivity contribution in [3.8, 4) is 0 Å². The molecule has 0 radical (unpaired) electrons. The molecule has 0 spiro atoms. The van der Waals surface area contributed by atoms with Crippen molar-refractivity contribution in [2.75, 3.05) is 11.4 Å². The van der Waals surface area contributed by atoms with Gasteiger partial charge < -0.3 is 10.6 Å². The van der Waals surface area contributed by atoms with Crippen molar-refractivity contribution in [1.29, 1.82) is 0 Å². The minimum absolute atomic E-state index is 0.0370. The van der Waals surface area contributed by atoms with Gasteiger partial charge in [0.25, 0.3) is 5.69 Å². The first kappa shape index (κ1) is 18.6. The smallest absolute Gasteiger partial charge is 0.293 e. The Balaban J connectivity index is 1.98. The molecule has 140 valence electrons. The molecule has 2 aromatic carbocycles. The van der Waals surface area contributed by atoms with Gasteiger partial charge in [0.15, 0.2) is 5.78 Å². The van der Waals surface area contributed by atoms with E-state index >= 15 is 0 Å². The Bertz CT molecular complexity index is 882. The second-order valence-corrected chi connectivity index (χ2v) is 6.83. The highest BCUT2D eigenvalue weighted by Gasteiger charge is 2.32. The van der Waals surface area contributed by atoms with Crippen molar-refractivity contribution in [3.63, 3.8) is 0 Å². The fourth-order valence-corrected chi connectivity index (χ4v) is 3.48. The van der Waals surface area contributed by atoms with E-state index < -0.39 is 10.8 Å². The van der Waals surface area contributed by atoms with Gasteiger partial charge in [-0.15, -0.1) is 0 Å². The number of ketones is 1. The van der Waals surface area contributed by atoms with E-state index in [0.717, 1.165) is 6.42 Å². The SMILES string of the molecule is C[C@H]1CC[C@H](C(N)=O)CN1c1ccc(C(=O)c2ccccc2)cc1[N+](=O)[O-]. The molecule has 0 aromatic heterocycles. The number of primary amides is 1. The van der Waals surface area contributed by atoms with Crippen LogP contribution in [0.4, 0.5) is 11.4 Å². The van der Waals surface area contributed by atoms with E-state index in [1.165, 1.54) is 6.07 Å². The van der Waals surface area contributed by atoms with Crippen molar-refractivity contribution < 1.29 is 14.5 Å². The molecule has 7 nitrogen and oxygen atoms in total. The van der Waals surface area contributed by atoms with E-state index in [1.54, 1.807) is 42.5 Å². The summed E-state index contributed by atoms with van der Waals surface area (Å²) >= 11 is 0. The molecular formula is C20H21N3O4. The Labute approximate surface area is 156 Å². The van der Waals surface area contributed by atoms with Gasteiger partial charge in [-0.25, -0.2) is 0 Å². The fraction of sp³-hybridized carbons (Fsp3) is 0.300. The van der Waals surface area contributed by atoms with E-state index in [0.29, 0.717) is 24.2 Å². The van der Waals surface area contributed by atoms with Crippen LogP contribution in [0, 0.1) is 16.0 Å². The zero-order valence-electron chi connectivity index (χ0n) is 15.0. The molecule has 3 rings (SSSR count). The lowest BCUT2D eigenvalue weighted by Crippen LogP contribution is -2.46. The number of hydrogen-bond acceptors (Lipinski definition) is 5. The molecular weight excluding hydrogens is 346 g/mol. The molecule has 1 fully saturated rings. The summed E-state index contributed by atoms with van der Waals surface area (Å²) in [5, 5.41) is 11.7. The highest BCUT2D eigenvalue weighted by Crippen LogP contribution is 2.35. The van der Waals surface area contributed by atoms with Crippen LogP contribution in [-0.2, 0) is 4.79 Å². The van der Waals surface area contributed by atoms with Gasteiger partial charge in [0, 0.05) is 29.8 Å². The van der Waals surface area contributed by atoms with Crippen LogP contribution in [0.3, 0.4) is 0 Å². The predicted molar refractivity (Wildman–Crippen MR) is 102 cm³/mol. The maximum absolute atomic E-state index is 12.6. The summed E-state index contributed by atoms with van der Waals surface area (Å²) in [4.78, 5) is 37.2. The topological polar surface area (TPSA) is 107 Å². The third-order valence-corrected chi connectivity index (χ3v) is 5.06. The number of anilines is 1. The number of nitro groups is 1. The lowest BCUT2D eigenvalue weighted by Gasteiger charge is -2.38. The maximum atomic E-state index is 12.6. The Morgan fingerprint density at radius 1 is 1.11 bits per heavy atom. The minimum Gasteiger partial charge on any atom is -0.369 e. The van der Waals surface area contributed by atoms with Gasteiger partial charge in [0.05, 0.1) is 10.8 Å². The quantitative estimate of drug-likeness (QED) is 0.497. The molecule has 0 aliphatic carbocycles. The second kappa shape index (κ2) is 7.57. The Morgan fingerprint density at radius 3 is 2.44 bits per heavy atom. The lowest BCUT2D eigenvalue weighted by atomic mass is 9.92. The molecule has 1 aliphatic rings. The van der Waals surface area contributed by atoms with Gasteiger partial charge in [-0.2, -0.15) is 0 Å². The Hall–Kier alpha value is -3.22. The monoisotopic (exact) mass is 367 g/mol. The standard InChI is InChI=1S/C20H21N3O4/c1-13-7-8-16(20(21)25)12-22(13)17-10-9-15(11-18(17)23(26)27)19(24)14-5-3-2-4-6-14/h2-6,9-11,13,16H,7-8,12H2,1H3,(H2,21,25)/t13-,16-/m0/s1. The van der Waals surface area contributed by atoms with Gasteiger partial charge in [-0.3, -0.25) is 19.7 Å². The minimum atomic E-state index is -0.488. The van der Waals surface area contributed by atoms with Gasteiger partial charge >= 0.3 is 0 Å². The highest BCUT2D eigenvalue weighted by molar-refractivity contribution is 6.09. The zero-order chi connectivity index (χ0) is 19.6. The summed E-state index contributed by atoms with van der Waals surface area (Å²) in [6, 6.07) is 13.2. The van der Waals surface area contributed by atoms with Gasteiger partial charge in [0.1, 0.15) is 5.69 Å². The molecule has 1 amide bonds. The molecule has 2 atom stereocenters. The Morgan fingerprint density at radius 2 is 1.81 bits per heavy atom. The van der Waals surface area contributed by atoms with Crippen molar-refractivity contribution >= 4 is 23.1 Å².